The van der Waals surface area contributed by atoms with Crippen LogP contribution in [0.1, 0.15) is 10.4 Å². The van der Waals surface area contributed by atoms with Gasteiger partial charge < -0.3 is 25.3 Å². The summed E-state index contributed by atoms with van der Waals surface area (Å²) in [5, 5.41) is 2.49. The molecule has 0 aliphatic heterocycles. The number of hydrogen-bond donors (Lipinski definition) is 2. The zero-order chi connectivity index (χ0) is 15.8. The molecule has 0 unspecified atom stereocenters. The Morgan fingerprint density at radius 1 is 1.19 bits per heavy atom. The predicted octanol–water partition coefficient (Wildman–Crippen LogP) is -0.0778. The van der Waals surface area contributed by atoms with E-state index < -0.39 is 17.8 Å². The first-order chi connectivity index (χ1) is 10.0. The molecule has 0 atom stereocenters. The Hall–Kier alpha value is -2.61. The first-order valence-electron chi connectivity index (χ1n) is 5.93. The minimum atomic E-state index is -0.602. The quantitative estimate of drug-likeness (QED) is 0.705. The molecule has 8 heteroatoms. The van der Waals surface area contributed by atoms with Gasteiger partial charge in [0.05, 0.1) is 32.0 Å². The van der Waals surface area contributed by atoms with Crippen molar-refractivity contribution in [1.82, 2.24) is 0 Å². The highest BCUT2D eigenvalue weighted by molar-refractivity contribution is 5.95. The summed E-state index contributed by atoms with van der Waals surface area (Å²) in [5.74, 6) is -1.49. The molecule has 0 aliphatic rings. The predicted molar refractivity (Wildman–Crippen MR) is 73.0 cm³/mol. The van der Waals surface area contributed by atoms with Crippen LogP contribution in [-0.2, 0) is 19.1 Å². The fourth-order valence-electron chi connectivity index (χ4n) is 1.39. The van der Waals surface area contributed by atoms with E-state index in [2.05, 4.69) is 14.8 Å². The fourth-order valence-corrected chi connectivity index (χ4v) is 1.39. The number of carbonyl (C=O) groups excluding carboxylic acids is 3. The third-order valence-corrected chi connectivity index (χ3v) is 2.44. The van der Waals surface area contributed by atoms with Crippen LogP contribution in [0, 0.1) is 0 Å². The van der Waals surface area contributed by atoms with Crippen molar-refractivity contribution in [1.29, 1.82) is 0 Å². The summed E-state index contributed by atoms with van der Waals surface area (Å²) in [6.45, 7) is -0.582. The zero-order valence-corrected chi connectivity index (χ0v) is 11.7. The summed E-state index contributed by atoms with van der Waals surface area (Å²) >= 11 is 0. The van der Waals surface area contributed by atoms with Crippen LogP contribution in [0.15, 0.2) is 18.2 Å². The van der Waals surface area contributed by atoms with Crippen molar-refractivity contribution in [2.24, 2.45) is 5.73 Å². The average Bonchev–Trinajstić information content (AvgIpc) is 2.52. The van der Waals surface area contributed by atoms with E-state index in [0.29, 0.717) is 0 Å². The number of anilines is 1. The van der Waals surface area contributed by atoms with E-state index in [1.807, 2.05) is 0 Å². The SMILES string of the molecule is COC(=O)COc1cc(C(=O)OC)ccc1NC(=O)CN. The van der Waals surface area contributed by atoms with Crippen LogP contribution in [0.4, 0.5) is 5.69 Å². The maximum Gasteiger partial charge on any atom is 0.343 e. The summed E-state index contributed by atoms with van der Waals surface area (Å²) in [6, 6.07) is 4.25. The van der Waals surface area contributed by atoms with Gasteiger partial charge in [0.1, 0.15) is 5.75 Å². The maximum atomic E-state index is 11.5. The molecule has 21 heavy (non-hydrogen) atoms. The van der Waals surface area contributed by atoms with Crippen molar-refractivity contribution in [2.75, 3.05) is 32.7 Å². The number of benzene rings is 1. The van der Waals surface area contributed by atoms with Crippen LogP contribution in [0.2, 0.25) is 0 Å². The minimum Gasteiger partial charge on any atom is -0.480 e. The lowest BCUT2D eigenvalue weighted by molar-refractivity contribution is -0.142. The van der Waals surface area contributed by atoms with Gasteiger partial charge in [-0.15, -0.1) is 0 Å². The monoisotopic (exact) mass is 296 g/mol. The van der Waals surface area contributed by atoms with Crippen molar-refractivity contribution in [3.05, 3.63) is 23.8 Å². The molecule has 1 amide bonds. The lowest BCUT2D eigenvalue weighted by Gasteiger charge is -2.12. The molecule has 0 saturated carbocycles. The smallest absolute Gasteiger partial charge is 0.343 e. The standard InChI is InChI=1S/C13H16N2O6/c1-19-12(17)7-21-10-5-8(13(18)20-2)3-4-9(10)15-11(16)6-14/h3-5H,6-7,14H2,1-2H3,(H,15,16). The van der Waals surface area contributed by atoms with E-state index >= 15 is 0 Å². The molecule has 1 aromatic rings. The molecule has 0 bridgehead atoms. The van der Waals surface area contributed by atoms with Gasteiger partial charge in [0, 0.05) is 0 Å². The average molecular weight is 296 g/mol. The molecule has 8 nitrogen and oxygen atoms in total. The number of hydrogen-bond acceptors (Lipinski definition) is 7. The third-order valence-electron chi connectivity index (χ3n) is 2.44. The number of carbonyl (C=O) groups is 3. The van der Waals surface area contributed by atoms with E-state index in [1.54, 1.807) is 0 Å². The van der Waals surface area contributed by atoms with Gasteiger partial charge in [-0.25, -0.2) is 9.59 Å². The van der Waals surface area contributed by atoms with Crippen LogP contribution in [0.3, 0.4) is 0 Å². The normalized spacial score (nSPS) is 9.67. The zero-order valence-electron chi connectivity index (χ0n) is 11.7. The highest BCUT2D eigenvalue weighted by atomic mass is 16.6. The van der Waals surface area contributed by atoms with Gasteiger partial charge in [-0.3, -0.25) is 4.79 Å². The third kappa shape index (κ3) is 4.77. The first-order valence-corrected chi connectivity index (χ1v) is 5.93. The van der Waals surface area contributed by atoms with Crippen molar-refractivity contribution >= 4 is 23.5 Å². The van der Waals surface area contributed by atoms with Crippen LogP contribution in [0.25, 0.3) is 0 Å². The Morgan fingerprint density at radius 3 is 2.48 bits per heavy atom. The second-order valence-corrected chi connectivity index (χ2v) is 3.82. The molecule has 0 radical (unpaired) electrons. The maximum absolute atomic E-state index is 11.5. The summed E-state index contributed by atoms with van der Waals surface area (Å²) in [7, 11) is 2.45. The molecule has 0 aromatic heterocycles. The van der Waals surface area contributed by atoms with Gasteiger partial charge in [0.15, 0.2) is 6.61 Å². The molecule has 0 fully saturated rings. The Balaban J connectivity index is 3.02. The molecule has 0 aliphatic carbocycles. The lowest BCUT2D eigenvalue weighted by Crippen LogP contribution is -2.22. The van der Waals surface area contributed by atoms with Gasteiger partial charge in [-0.2, -0.15) is 0 Å². The van der Waals surface area contributed by atoms with Gasteiger partial charge in [0.2, 0.25) is 5.91 Å². The molecule has 0 spiro atoms. The second kappa shape index (κ2) is 7.85. The molecule has 0 saturated heterocycles. The van der Waals surface area contributed by atoms with Gasteiger partial charge in [-0.05, 0) is 18.2 Å². The van der Waals surface area contributed by atoms with E-state index in [1.165, 1.54) is 32.4 Å². The van der Waals surface area contributed by atoms with E-state index in [9.17, 15) is 14.4 Å². The largest absolute Gasteiger partial charge is 0.480 e. The number of amides is 1. The van der Waals surface area contributed by atoms with Gasteiger partial charge >= 0.3 is 11.9 Å². The summed E-state index contributed by atoms with van der Waals surface area (Å²) in [6.07, 6.45) is 0. The fraction of sp³-hybridized carbons (Fsp3) is 0.308. The summed E-state index contributed by atoms with van der Waals surface area (Å²) < 4.78 is 14.3. The number of ether oxygens (including phenoxy) is 3. The number of rotatable bonds is 6. The van der Waals surface area contributed by atoms with Crippen LogP contribution < -0.4 is 15.8 Å². The Labute approximate surface area is 121 Å². The minimum absolute atomic E-state index is 0.130. The van der Waals surface area contributed by atoms with Crippen molar-refractivity contribution in [3.8, 4) is 5.75 Å². The van der Waals surface area contributed by atoms with E-state index in [-0.39, 0.29) is 30.2 Å². The van der Waals surface area contributed by atoms with E-state index in [0.717, 1.165) is 0 Å². The molecule has 0 heterocycles. The van der Waals surface area contributed by atoms with Gasteiger partial charge in [0.25, 0.3) is 0 Å². The number of nitrogens with one attached hydrogen (secondary N) is 1. The van der Waals surface area contributed by atoms with Crippen molar-refractivity contribution in [3.63, 3.8) is 0 Å². The van der Waals surface area contributed by atoms with Gasteiger partial charge in [-0.1, -0.05) is 0 Å². The molecular weight excluding hydrogens is 280 g/mol. The molecule has 3 N–H and O–H groups in total. The molecular formula is C13H16N2O6. The second-order valence-electron chi connectivity index (χ2n) is 3.82. The Morgan fingerprint density at radius 2 is 1.90 bits per heavy atom. The Kier molecular flexibility index (Phi) is 6.15. The first kappa shape index (κ1) is 16.4. The number of esters is 2. The van der Waals surface area contributed by atoms with Crippen LogP contribution >= 0.6 is 0 Å². The summed E-state index contributed by atoms with van der Waals surface area (Å²) in [4.78, 5) is 33.9. The van der Waals surface area contributed by atoms with Crippen molar-refractivity contribution in [2.45, 2.75) is 0 Å². The van der Waals surface area contributed by atoms with E-state index in [4.69, 9.17) is 10.5 Å². The molecule has 1 rings (SSSR count). The summed E-state index contributed by atoms with van der Waals surface area (Å²) in [5.41, 5.74) is 5.70. The Bertz CT molecular complexity index is 543. The van der Waals surface area contributed by atoms with Crippen LogP contribution in [-0.4, -0.2) is 45.2 Å². The topological polar surface area (TPSA) is 117 Å². The van der Waals surface area contributed by atoms with Crippen molar-refractivity contribution < 1.29 is 28.6 Å². The highest BCUT2D eigenvalue weighted by Gasteiger charge is 2.14. The molecule has 114 valence electrons. The highest BCUT2D eigenvalue weighted by Crippen LogP contribution is 2.26. The lowest BCUT2D eigenvalue weighted by atomic mass is 10.2. The molecule has 1 aromatic carbocycles. The van der Waals surface area contributed by atoms with Crippen LogP contribution in [0.5, 0.6) is 5.75 Å². The number of methoxy groups -OCH3 is 2. The number of nitrogens with two attached hydrogens (primary N) is 1.